The predicted octanol–water partition coefficient (Wildman–Crippen LogP) is 12.9. The first kappa shape index (κ1) is 85.0. The van der Waals surface area contributed by atoms with E-state index in [9.17, 15) is 32.3 Å². The van der Waals surface area contributed by atoms with Gasteiger partial charge >= 0.3 is 0 Å². The fourth-order valence-corrected chi connectivity index (χ4v) is 12.6. The van der Waals surface area contributed by atoms with E-state index in [1.165, 1.54) is 51.7 Å². The molecule has 24 nitrogen and oxygen atoms in total. The average Bonchev–Trinajstić information content (AvgIpc) is 1.77. The molecule has 28 heteroatoms. The van der Waals surface area contributed by atoms with Crippen LogP contribution in [-0.2, 0) is 63.8 Å². The Balaban J connectivity index is 0.000000247. The summed E-state index contributed by atoms with van der Waals surface area (Å²) in [5.41, 5.74) is 15.8. The molecule has 0 fully saturated rings. The van der Waals surface area contributed by atoms with Gasteiger partial charge in [-0.05, 0) is 202 Å². The lowest BCUT2D eigenvalue weighted by molar-refractivity contribution is -0.133. The summed E-state index contributed by atoms with van der Waals surface area (Å²) >= 11 is 5.99. The Bertz CT molecular complexity index is 3870. The second-order valence-electron chi connectivity index (χ2n) is 26.1. The summed E-state index contributed by atoms with van der Waals surface area (Å²) in [4.78, 5) is 46.9. The van der Waals surface area contributed by atoms with E-state index >= 15 is 0 Å². The summed E-state index contributed by atoms with van der Waals surface area (Å²) in [7, 11) is 4.60. The number of benzene rings is 4. The zero-order valence-electron chi connectivity index (χ0n) is 61.1. The third-order valence-corrected chi connectivity index (χ3v) is 17.8. The summed E-state index contributed by atoms with van der Waals surface area (Å²) in [5, 5.41) is 53.8. The number of aryl methyl sites for hydroxylation is 2. The zero-order chi connectivity index (χ0) is 76.0. The van der Waals surface area contributed by atoms with Crippen molar-refractivity contribution in [3.8, 4) is 0 Å². The molecular weight excluding hydrogens is 1350 g/mol. The van der Waals surface area contributed by atoms with E-state index in [2.05, 4.69) is 34.2 Å². The first-order valence-corrected chi connectivity index (χ1v) is 34.6. The van der Waals surface area contributed by atoms with E-state index in [-0.39, 0.29) is 91.0 Å². The van der Waals surface area contributed by atoms with Crippen molar-refractivity contribution in [2.75, 3.05) is 27.9 Å². The number of rotatable bonds is 33. The first-order chi connectivity index (χ1) is 49.1. The lowest BCUT2D eigenvalue weighted by Crippen LogP contribution is -2.33. The maximum absolute atomic E-state index is 13.6. The van der Waals surface area contributed by atoms with Crippen LogP contribution in [0, 0.1) is 31.3 Å². The number of methoxy groups -OCH3 is 3. The standard InChI is InChI=1S/C19H26ClN3O3.2C19H26FN3O3.C18H24FN3O3/c1-4-26-18(12-19(24)22-25)16(11-14-5-7-15(20)8-6-14)17-9-10-21-23(17)13(2)3;1-12(2)23-17(7-8-21-23)16(18(26-4)11-19(24)22-25)10-14-5-6-15(20)9-13(14)3;1-12(2)23-17(7-8-21-23)15(18(26-4)11-19(24)22-25)10-14-5-6-16(20)13(3)9-14;1-12(2)22-16(8-9-20-22)15(17(25-3)11-18(23)21-24)10-13-4-6-14(19)7-5-13/h5-10,13,16,18,25H,4,11-12H2,1-3H3,(H,22,24);5-9,12,16,18,25H,10-11H2,1-4H3,(H,22,24);5-9,12,15,18,25H,10-11H2,1-4H3,(H,22,24);4-9,12,15,17,24H,10-11H2,1-3H3,(H,21,23)/t2*16-,18-;15-,18-;15-,17-/m1111/s1. The fourth-order valence-electron chi connectivity index (χ4n) is 12.5. The molecule has 0 unspecified atom stereocenters. The minimum atomic E-state index is -0.522. The number of amides is 4. The van der Waals surface area contributed by atoms with Crippen LogP contribution in [0.15, 0.2) is 134 Å². The van der Waals surface area contributed by atoms with Crippen LogP contribution in [0.25, 0.3) is 0 Å². The summed E-state index contributed by atoms with van der Waals surface area (Å²) in [6.07, 6.45) is 7.51. The second kappa shape index (κ2) is 42.8. The molecule has 0 saturated heterocycles. The van der Waals surface area contributed by atoms with Gasteiger partial charge in [0.1, 0.15) is 17.5 Å². The molecule has 0 aliphatic rings. The highest BCUT2D eigenvalue weighted by Crippen LogP contribution is 2.35. The van der Waals surface area contributed by atoms with E-state index in [4.69, 9.17) is 51.4 Å². The Labute approximate surface area is 606 Å². The van der Waals surface area contributed by atoms with Gasteiger partial charge < -0.3 is 18.9 Å². The van der Waals surface area contributed by atoms with Gasteiger partial charge in [0.05, 0.1) is 50.1 Å². The van der Waals surface area contributed by atoms with Crippen LogP contribution >= 0.6 is 11.6 Å². The summed E-state index contributed by atoms with van der Waals surface area (Å²) in [6.45, 7) is 22.2. The van der Waals surface area contributed by atoms with Crippen molar-refractivity contribution in [2.24, 2.45) is 0 Å². The molecule has 0 radical (unpaired) electrons. The van der Waals surface area contributed by atoms with Gasteiger partial charge in [-0.3, -0.25) is 58.7 Å². The van der Waals surface area contributed by atoms with Gasteiger partial charge in [0, 0.05) is 128 Å². The molecule has 103 heavy (non-hydrogen) atoms. The van der Waals surface area contributed by atoms with Gasteiger partial charge in [-0.1, -0.05) is 54.1 Å². The van der Waals surface area contributed by atoms with Crippen LogP contribution in [0.2, 0.25) is 5.02 Å². The maximum atomic E-state index is 13.6. The molecule has 4 amide bonds. The van der Waals surface area contributed by atoms with Crippen molar-refractivity contribution in [3.63, 3.8) is 0 Å². The normalized spacial score (nSPS) is 13.7. The monoisotopic (exact) mass is 1450 g/mol. The number of nitrogens with zero attached hydrogens (tertiary/aromatic N) is 8. The molecule has 8 N–H and O–H groups in total. The average molecular weight is 1460 g/mol. The number of ether oxygens (including phenoxy) is 4. The molecule has 4 aromatic heterocycles. The van der Waals surface area contributed by atoms with Gasteiger partial charge in [0.2, 0.25) is 23.6 Å². The Morgan fingerprint density at radius 1 is 0.427 bits per heavy atom. The van der Waals surface area contributed by atoms with Crippen LogP contribution in [0.3, 0.4) is 0 Å². The summed E-state index contributed by atoms with van der Waals surface area (Å²) < 4.78 is 70.5. The molecule has 8 atom stereocenters. The molecule has 562 valence electrons. The number of aromatic nitrogens is 8. The van der Waals surface area contributed by atoms with Crippen LogP contribution in [0.5, 0.6) is 0 Å². The van der Waals surface area contributed by atoms with Gasteiger partial charge in [-0.25, -0.2) is 35.1 Å². The molecule has 4 heterocycles. The molecule has 0 spiro atoms. The Morgan fingerprint density at radius 2 is 0.748 bits per heavy atom. The first-order valence-electron chi connectivity index (χ1n) is 34.2. The summed E-state index contributed by atoms with van der Waals surface area (Å²) in [5.74, 6) is -3.52. The maximum Gasteiger partial charge on any atom is 0.245 e. The van der Waals surface area contributed by atoms with E-state index in [0.29, 0.717) is 42.9 Å². The Kier molecular flexibility index (Phi) is 35.4. The highest BCUT2D eigenvalue weighted by atomic mass is 35.5. The third-order valence-electron chi connectivity index (χ3n) is 17.6. The fraction of sp³-hybridized carbons (Fsp3) is 0.467. The molecule has 8 aromatic rings. The van der Waals surface area contributed by atoms with Crippen LogP contribution in [0.4, 0.5) is 13.2 Å². The number of hydrogen-bond acceptors (Lipinski definition) is 16. The lowest BCUT2D eigenvalue weighted by atomic mass is 9.87. The van der Waals surface area contributed by atoms with Gasteiger partial charge in [0.15, 0.2) is 0 Å². The van der Waals surface area contributed by atoms with Crippen molar-refractivity contribution in [1.82, 2.24) is 61.0 Å². The van der Waals surface area contributed by atoms with E-state index in [1.54, 1.807) is 84.0 Å². The highest BCUT2D eigenvalue weighted by Gasteiger charge is 2.34. The summed E-state index contributed by atoms with van der Waals surface area (Å²) in [6, 6.07) is 31.9. The number of carbonyl (C=O) groups excluding carboxylic acids is 4. The number of halogens is 4. The molecular formula is C75H102ClF3N12O12. The Morgan fingerprint density at radius 3 is 1.08 bits per heavy atom. The Hall–Kier alpha value is -8.64. The van der Waals surface area contributed by atoms with E-state index in [0.717, 1.165) is 50.6 Å². The quantitative estimate of drug-likeness (QED) is 0.0140. The van der Waals surface area contributed by atoms with Gasteiger partial charge in [0.25, 0.3) is 0 Å². The molecule has 0 saturated carbocycles. The van der Waals surface area contributed by atoms with Crippen molar-refractivity contribution in [1.29, 1.82) is 0 Å². The largest absolute Gasteiger partial charge is 0.380 e. The molecule has 0 aliphatic heterocycles. The van der Waals surface area contributed by atoms with Crippen LogP contribution in [0.1, 0.15) is 192 Å². The van der Waals surface area contributed by atoms with E-state index < -0.39 is 48.0 Å². The molecule has 8 rings (SSSR count). The van der Waals surface area contributed by atoms with Crippen LogP contribution < -0.4 is 21.9 Å². The third kappa shape index (κ3) is 25.6. The lowest BCUT2D eigenvalue weighted by Gasteiger charge is -2.28. The SMILES string of the molecule is CCO[C@H](CC(=O)NO)[C@H](Cc1ccc(Cl)cc1)c1ccnn1C(C)C.CO[C@H](CC(=O)NO)[C@H](Cc1ccc(F)c(C)c1)c1ccnn1C(C)C.CO[C@H](CC(=O)NO)[C@H](Cc1ccc(F)cc1)c1ccnn1C(C)C.CO[C@H](CC(=O)NO)[C@H](Cc1ccc(F)cc1C)c1ccnn1C(C)C. The molecule has 4 aromatic carbocycles. The second-order valence-corrected chi connectivity index (χ2v) is 26.5. The highest BCUT2D eigenvalue weighted by molar-refractivity contribution is 6.30. The minimum absolute atomic E-state index is 0.00111. The number of nitrogens with one attached hydrogen (secondary N) is 4. The zero-order valence-corrected chi connectivity index (χ0v) is 61.9. The number of carbonyl (C=O) groups is 4. The number of hydrogen-bond donors (Lipinski definition) is 8. The van der Waals surface area contributed by atoms with E-state index in [1.807, 2.05) is 123 Å². The van der Waals surface area contributed by atoms with Crippen molar-refractivity contribution in [2.45, 2.75) is 200 Å². The number of hydroxylamine groups is 4. The van der Waals surface area contributed by atoms with Crippen molar-refractivity contribution < 1.29 is 72.1 Å². The van der Waals surface area contributed by atoms with Gasteiger partial charge in [-0.15, -0.1) is 0 Å². The smallest absolute Gasteiger partial charge is 0.245 e. The van der Waals surface area contributed by atoms with Gasteiger partial charge in [-0.2, -0.15) is 20.4 Å². The molecule has 0 aliphatic carbocycles. The van der Waals surface area contributed by atoms with Crippen molar-refractivity contribution >= 4 is 35.2 Å². The van der Waals surface area contributed by atoms with Crippen molar-refractivity contribution in [3.05, 3.63) is 213 Å². The topological polar surface area (TPSA) is 306 Å². The predicted molar refractivity (Wildman–Crippen MR) is 382 cm³/mol. The van der Waals surface area contributed by atoms with Crippen LogP contribution in [-0.4, -0.2) is 136 Å². The minimum Gasteiger partial charge on any atom is -0.380 e. The molecule has 0 bridgehead atoms.